The molecule has 11 heteroatoms. The van der Waals surface area contributed by atoms with Crippen LogP contribution in [0.25, 0.3) is 0 Å². The maximum Gasteiger partial charge on any atom is 0.472 e. The Bertz CT molecular complexity index is 884. The lowest BCUT2D eigenvalue weighted by atomic mass is 10.0. The first-order valence-corrected chi connectivity index (χ1v) is 22.6. The van der Waals surface area contributed by atoms with Crippen molar-refractivity contribution in [1.29, 1.82) is 0 Å². The molecular weight excluding hydrogens is 683 g/mol. The van der Waals surface area contributed by atoms with Gasteiger partial charge in [-0.15, -0.1) is 0 Å². The van der Waals surface area contributed by atoms with E-state index in [4.69, 9.17) is 19.1 Å². The monoisotopic (exact) mass is 763 g/mol. The first-order valence-electron chi connectivity index (χ1n) is 21.1. The third-order valence-electron chi connectivity index (χ3n) is 9.17. The van der Waals surface area contributed by atoms with Crippen molar-refractivity contribution < 1.29 is 47.8 Å². The number of rotatable bonds is 40. The first kappa shape index (κ1) is 50.7. The molecule has 52 heavy (non-hydrogen) atoms. The van der Waals surface area contributed by atoms with Crippen molar-refractivity contribution in [3.63, 3.8) is 0 Å². The lowest BCUT2D eigenvalue weighted by Gasteiger charge is -2.20. The van der Waals surface area contributed by atoms with E-state index in [0.717, 1.165) is 57.8 Å². The van der Waals surface area contributed by atoms with Gasteiger partial charge in [-0.05, 0) is 32.1 Å². The SMILES string of the molecule is CCCC/C=C\CCCCCCCC(=O)OC(COC(=O)CCCCCCCCCCCCCCCCCCCC)COP(=O)(O)OCC(O)CO. The summed E-state index contributed by atoms with van der Waals surface area (Å²) in [6.45, 7) is 2.35. The number of carbonyl (C=O) groups excluding carboxylic acids is 2. The van der Waals surface area contributed by atoms with Gasteiger partial charge in [-0.25, -0.2) is 4.57 Å². The molecule has 0 fully saturated rings. The molecule has 0 amide bonds. The van der Waals surface area contributed by atoms with Crippen LogP contribution in [0.15, 0.2) is 12.2 Å². The summed E-state index contributed by atoms with van der Waals surface area (Å²) in [5, 5.41) is 18.3. The van der Waals surface area contributed by atoms with Crippen LogP contribution in [0.1, 0.15) is 200 Å². The van der Waals surface area contributed by atoms with E-state index in [1.807, 2.05) is 0 Å². The average molecular weight is 763 g/mol. The molecule has 0 saturated heterocycles. The van der Waals surface area contributed by atoms with Crippen LogP contribution in [-0.4, -0.2) is 65.7 Å². The first-order chi connectivity index (χ1) is 25.2. The highest BCUT2D eigenvalue weighted by molar-refractivity contribution is 7.47. The Kier molecular flexibility index (Phi) is 37.1. The van der Waals surface area contributed by atoms with Crippen LogP contribution in [0.3, 0.4) is 0 Å². The van der Waals surface area contributed by atoms with Crippen molar-refractivity contribution in [3.8, 4) is 0 Å². The van der Waals surface area contributed by atoms with E-state index in [2.05, 4.69) is 30.5 Å². The molecule has 0 saturated carbocycles. The Morgan fingerprint density at radius 3 is 1.44 bits per heavy atom. The van der Waals surface area contributed by atoms with Crippen LogP contribution >= 0.6 is 7.82 Å². The molecule has 0 aromatic rings. The zero-order valence-corrected chi connectivity index (χ0v) is 34.2. The summed E-state index contributed by atoms with van der Waals surface area (Å²) >= 11 is 0. The Hall–Kier alpha value is -1.29. The van der Waals surface area contributed by atoms with Crippen molar-refractivity contribution in [2.24, 2.45) is 0 Å². The van der Waals surface area contributed by atoms with Crippen LogP contribution < -0.4 is 0 Å². The average Bonchev–Trinajstić information content (AvgIpc) is 3.13. The lowest BCUT2D eigenvalue weighted by molar-refractivity contribution is -0.161. The minimum absolute atomic E-state index is 0.177. The number of aliphatic hydroxyl groups is 2. The van der Waals surface area contributed by atoms with Crippen molar-refractivity contribution in [2.45, 2.75) is 212 Å². The van der Waals surface area contributed by atoms with E-state index in [-0.39, 0.29) is 19.4 Å². The molecule has 3 N–H and O–H groups in total. The van der Waals surface area contributed by atoms with Crippen molar-refractivity contribution in [1.82, 2.24) is 0 Å². The topological polar surface area (TPSA) is 149 Å². The van der Waals surface area contributed by atoms with Crippen molar-refractivity contribution >= 4 is 19.8 Å². The zero-order valence-electron chi connectivity index (χ0n) is 33.3. The number of aliphatic hydroxyl groups excluding tert-OH is 2. The van der Waals surface area contributed by atoms with Gasteiger partial charge in [0.15, 0.2) is 6.10 Å². The van der Waals surface area contributed by atoms with Gasteiger partial charge < -0.3 is 24.6 Å². The van der Waals surface area contributed by atoms with Gasteiger partial charge in [0.2, 0.25) is 0 Å². The van der Waals surface area contributed by atoms with Crippen LogP contribution in [0.4, 0.5) is 0 Å². The third-order valence-corrected chi connectivity index (χ3v) is 10.1. The minimum Gasteiger partial charge on any atom is -0.462 e. The molecule has 0 heterocycles. The Morgan fingerprint density at radius 1 is 0.558 bits per heavy atom. The normalized spacial score (nSPS) is 14.0. The van der Waals surface area contributed by atoms with Gasteiger partial charge in [0.25, 0.3) is 0 Å². The summed E-state index contributed by atoms with van der Waals surface area (Å²) in [5.74, 6) is -0.927. The van der Waals surface area contributed by atoms with Gasteiger partial charge in [-0.2, -0.15) is 0 Å². The number of esters is 2. The molecule has 0 aliphatic carbocycles. The Morgan fingerprint density at radius 2 is 0.962 bits per heavy atom. The van der Waals surface area contributed by atoms with Gasteiger partial charge >= 0.3 is 19.8 Å². The molecule has 10 nitrogen and oxygen atoms in total. The quantitative estimate of drug-likeness (QED) is 0.0238. The Labute approximate surface area is 317 Å². The van der Waals surface area contributed by atoms with E-state index < -0.39 is 51.8 Å². The summed E-state index contributed by atoms with van der Waals surface area (Å²) < 4.78 is 32.6. The molecule has 3 unspecified atom stereocenters. The molecule has 0 aliphatic heterocycles. The summed E-state index contributed by atoms with van der Waals surface area (Å²) in [4.78, 5) is 34.9. The second kappa shape index (κ2) is 38.0. The molecule has 3 atom stereocenters. The molecule has 0 spiro atoms. The van der Waals surface area contributed by atoms with Crippen molar-refractivity contribution in [3.05, 3.63) is 12.2 Å². The van der Waals surface area contributed by atoms with Gasteiger partial charge in [-0.3, -0.25) is 18.6 Å². The fourth-order valence-corrected chi connectivity index (χ4v) is 6.65. The fraction of sp³-hybridized carbons (Fsp3) is 0.902. The molecule has 308 valence electrons. The van der Waals surface area contributed by atoms with E-state index in [0.29, 0.717) is 12.8 Å². The van der Waals surface area contributed by atoms with Gasteiger partial charge in [0.1, 0.15) is 12.7 Å². The summed E-state index contributed by atoms with van der Waals surface area (Å²) in [5.41, 5.74) is 0. The number of hydrogen-bond acceptors (Lipinski definition) is 9. The zero-order chi connectivity index (χ0) is 38.4. The van der Waals surface area contributed by atoms with E-state index in [9.17, 15) is 24.2 Å². The van der Waals surface area contributed by atoms with E-state index >= 15 is 0 Å². The molecular formula is C41H79O10P. The van der Waals surface area contributed by atoms with Gasteiger partial charge in [0.05, 0.1) is 19.8 Å². The maximum absolute atomic E-state index is 12.5. The van der Waals surface area contributed by atoms with Crippen LogP contribution in [0, 0.1) is 0 Å². The highest BCUT2D eigenvalue weighted by Crippen LogP contribution is 2.43. The summed E-state index contributed by atoms with van der Waals surface area (Å²) in [7, 11) is -4.61. The lowest BCUT2D eigenvalue weighted by Crippen LogP contribution is -2.29. The minimum atomic E-state index is -4.61. The number of phosphoric ester groups is 1. The molecule has 0 radical (unpaired) electrons. The highest BCUT2D eigenvalue weighted by Gasteiger charge is 2.27. The van der Waals surface area contributed by atoms with E-state index in [1.54, 1.807) is 0 Å². The molecule has 0 aromatic heterocycles. The number of ether oxygens (including phenoxy) is 2. The summed E-state index contributed by atoms with van der Waals surface area (Å²) in [6, 6.07) is 0. The molecule has 0 aromatic carbocycles. The van der Waals surface area contributed by atoms with Gasteiger partial charge in [-0.1, -0.05) is 167 Å². The van der Waals surface area contributed by atoms with Crippen LogP contribution in [0.5, 0.6) is 0 Å². The fourth-order valence-electron chi connectivity index (χ4n) is 5.86. The second-order valence-electron chi connectivity index (χ2n) is 14.4. The largest absolute Gasteiger partial charge is 0.472 e. The third kappa shape index (κ3) is 37.0. The molecule has 0 aliphatic rings. The second-order valence-corrected chi connectivity index (χ2v) is 15.8. The number of phosphoric acid groups is 1. The Balaban J connectivity index is 4.22. The standard InChI is InChI=1S/C41H79O10P/c1-3-5-7-9-11-13-15-16-17-18-19-20-21-23-24-26-28-30-32-40(44)48-36-39(37-50-52(46,47)49-35-38(43)34-42)51-41(45)33-31-29-27-25-22-14-12-10-8-6-4-2/h10,12,38-39,42-43H,3-9,11,13-37H2,1-2H3,(H,46,47)/b12-10-. The molecule has 0 rings (SSSR count). The van der Waals surface area contributed by atoms with E-state index in [1.165, 1.54) is 103 Å². The van der Waals surface area contributed by atoms with Crippen molar-refractivity contribution in [2.75, 3.05) is 26.4 Å². The summed E-state index contributed by atoms with van der Waals surface area (Å²) in [6.07, 6.45) is 34.7. The smallest absolute Gasteiger partial charge is 0.462 e. The predicted octanol–water partition coefficient (Wildman–Crippen LogP) is 10.8. The number of hydrogen-bond donors (Lipinski definition) is 3. The number of carbonyl (C=O) groups is 2. The maximum atomic E-state index is 12.5. The number of allylic oxidation sites excluding steroid dienone is 2. The number of unbranched alkanes of at least 4 members (excludes halogenated alkanes) is 24. The molecule has 0 bridgehead atoms. The van der Waals surface area contributed by atoms with Crippen LogP contribution in [-0.2, 0) is 32.7 Å². The van der Waals surface area contributed by atoms with Gasteiger partial charge in [0, 0.05) is 12.8 Å². The van der Waals surface area contributed by atoms with Crippen LogP contribution in [0.2, 0.25) is 0 Å². The predicted molar refractivity (Wildman–Crippen MR) is 210 cm³/mol. The highest BCUT2D eigenvalue weighted by atomic mass is 31.2.